The molecule has 6 heteroatoms. The Hall–Kier alpha value is -6.51. The minimum atomic E-state index is -3.13. The Morgan fingerprint density at radius 1 is 0.583 bits per heavy atom. The minimum Gasteiger partial charge on any atom is -0.502 e. The number of fused-ring (bicyclic) bond motifs is 3. The average molecular weight is 966 g/mol. The van der Waals surface area contributed by atoms with Crippen LogP contribution in [-0.4, -0.2) is 15.0 Å². The first-order chi connectivity index (χ1) is 33.5. The Kier molecular flexibility index (Phi) is 8.50. The monoisotopic (exact) mass is 966 g/mol. The fourth-order valence-corrected chi connectivity index (χ4v) is 6.71. The number of aryl methyl sites for hydroxylation is 8. The molecule has 60 heavy (non-hydrogen) atoms. The van der Waals surface area contributed by atoms with Gasteiger partial charge in [-0.2, -0.15) is 0 Å². The number of benzene rings is 5. The normalized spacial score (nSPS) is 15.5. The summed E-state index contributed by atoms with van der Waals surface area (Å²) in [5.74, 6) is 0. The van der Waals surface area contributed by atoms with Gasteiger partial charge in [0.1, 0.15) is 5.58 Å². The number of hydrogen-bond acceptors (Lipinski definition) is 4. The minimum absolute atomic E-state index is 0. The molecular formula is C54H41IrN4O. The maximum atomic E-state index is 9.51. The number of aromatic nitrogens is 3. The molecule has 0 aliphatic carbocycles. The van der Waals surface area contributed by atoms with Gasteiger partial charge in [-0.15, -0.1) is 90.0 Å². The van der Waals surface area contributed by atoms with Gasteiger partial charge in [0.25, 0.3) is 0 Å². The second-order valence-corrected chi connectivity index (χ2v) is 13.8. The second kappa shape index (κ2) is 18.2. The van der Waals surface area contributed by atoms with E-state index in [0.29, 0.717) is 72.5 Å². The summed E-state index contributed by atoms with van der Waals surface area (Å²) in [5.41, 5.74) is 2.47. The van der Waals surface area contributed by atoms with Crippen LogP contribution in [0.3, 0.4) is 0 Å². The van der Waals surface area contributed by atoms with Gasteiger partial charge in [-0.25, -0.2) is 4.85 Å². The Bertz CT molecular complexity index is 3410. The van der Waals surface area contributed by atoms with Crippen molar-refractivity contribution in [2.45, 2.75) is 52.1 Å². The molecule has 9 aromatic rings. The first-order valence-corrected chi connectivity index (χ1v) is 18.8. The number of rotatable bonds is 12. The van der Waals surface area contributed by atoms with E-state index in [2.05, 4.69) is 38.0 Å². The van der Waals surface area contributed by atoms with Crippen molar-refractivity contribution in [3.63, 3.8) is 0 Å². The van der Waals surface area contributed by atoms with E-state index in [0.717, 1.165) is 24.4 Å². The first-order valence-electron chi connectivity index (χ1n) is 24.8. The molecule has 0 atom stereocenters. The third kappa shape index (κ3) is 8.75. The van der Waals surface area contributed by atoms with Crippen molar-refractivity contribution in [3.05, 3.63) is 214 Å². The van der Waals surface area contributed by atoms with E-state index >= 15 is 0 Å². The van der Waals surface area contributed by atoms with Crippen LogP contribution < -0.4 is 0 Å². The third-order valence-electron chi connectivity index (χ3n) is 9.73. The average Bonchev–Trinajstić information content (AvgIpc) is 3.76. The fourth-order valence-electron chi connectivity index (χ4n) is 6.71. The molecule has 9 rings (SSSR count). The number of hydrogen-bond donors (Lipinski definition) is 0. The van der Waals surface area contributed by atoms with Gasteiger partial charge in [-0.05, 0) is 109 Å². The van der Waals surface area contributed by atoms with Crippen LogP contribution >= 0.6 is 0 Å². The molecule has 5 aromatic carbocycles. The van der Waals surface area contributed by atoms with Crippen LogP contribution in [0, 0.1) is 38.6 Å². The number of nitrogens with zero attached hydrogens (tertiary/aromatic N) is 4. The number of furan rings is 1. The molecule has 292 valence electrons. The maximum absolute atomic E-state index is 9.51. The topological polar surface area (TPSA) is 56.2 Å². The van der Waals surface area contributed by atoms with Crippen molar-refractivity contribution in [3.8, 4) is 33.8 Å². The van der Waals surface area contributed by atoms with E-state index in [4.69, 9.17) is 11.0 Å². The van der Waals surface area contributed by atoms with Crippen molar-refractivity contribution in [1.29, 1.82) is 0 Å². The van der Waals surface area contributed by atoms with Crippen LogP contribution in [0.2, 0.25) is 0 Å². The van der Waals surface area contributed by atoms with E-state index in [9.17, 15) is 16.4 Å². The van der Waals surface area contributed by atoms with E-state index in [1.807, 2.05) is 0 Å². The van der Waals surface area contributed by atoms with E-state index in [1.165, 1.54) is 24.5 Å². The Morgan fingerprint density at radius 3 is 1.70 bits per heavy atom. The summed E-state index contributed by atoms with van der Waals surface area (Å²) in [4.78, 5) is 17.0. The smallest absolute Gasteiger partial charge is 0.502 e. The van der Waals surface area contributed by atoms with Gasteiger partial charge >= 0.3 is 20.1 Å². The Morgan fingerprint density at radius 2 is 1.17 bits per heavy atom. The summed E-state index contributed by atoms with van der Waals surface area (Å²) < 4.78 is 119. The van der Waals surface area contributed by atoms with Crippen molar-refractivity contribution in [1.82, 2.24) is 15.0 Å². The molecule has 0 bridgehead atoms. The van der Waals surface area contributed by atoms with Crippen LogP contribution in [0.25, 0.3) is 60.6 Å². The van der Waals surface area contributed by atoms with E-state index in [-0.39, 0.29) is 36.8 Å². The van der Waals surface area contributed by atoms with Crippen LogP contribution in [0.15, 0.2) is 144 Å². The quantitative estimate of drug-likeness (QED) is 0.115. The Balaban J connectivity index is 0.00000693. The van der Waals surface area contributed by atoms with E-state index < -0.39 is 54.9 Å². The van der Waals surface area contributed by atoms with Gasteiger partial charge in [0.15, 0.2) is 5.69 Å². The molecular weight excluding hydrogens is 913 g/mol. The summed E-state index contributed by atoms with van der Waals surface area (Å²) in [6.07, 6.45) is -14.6. The summed E-state index contributed by atoms with van der Waals surface area (Å²) in [5, 5.41) is 1.26. The predicted octanol–water partition coefficient (Wildman–Crippen LogP) is 12.7. The van der Waals surface area contributed by atoms with E-state index in [1.54, 1.807) is 105 Å². The molecule has 0 saturated carbocycles. The summed E-state index contributed by atoms with van der Waals surface area (Å²) in [6, 6.07) is 40.8. The van der Waals surface area contributed by atoms with Gasteiger partial charge in [0.2, 0.25) is 0 Å². The molecule has 5 nitrogen and oxygen atoms in total. The Labute approximate surface area is 382 Å². The molecule has 0 spiro atoms. The molecule has 0 radical (unpaired) electrons. The van der Waals surface area contributed by atoms with Crippen molar-refractivity contribution in [2.75, 3.05) is 0 Å². The molecule has 4 aromatic heterocycles. The zero-order valence-electron chi connectivity index (χ0n) is 44.3. The third-order valence-corrected chi connectivity index (χ3v) is 9.73. The van der Waals surface area contributed by atoms with Crippen LogP contribution in [-0.2, 0) is 58.3 Å². The molecule has 0 unspecified atom stereocenters. The first kappa shape index (κ1) is 28.0. The SMILES string of the molecule is [2H]C([2H])(c1ccc(-c2[c-]ccc3c2oc2cccc([N+]#[C-])c23)nc1)C([2H])([2H])c1cc(C([2H])([2H])C([2H])([2H])c2cnc(-c3[c-]cccc3)cc2C)cc(C([2H])([2H])C([2H])([2H])c2cnc(-c3[c-]cccc3)cc2C)c1.[Ir+3]. The number of pyridine rings is 3. The van der Waals surface area contributed by atoms with Crippen LogP contribution in [0.1, 0.15) is 61.0 Å². The zero-order chi connectivity index (χ0) is 50.9. The standard InChI is InChI=1S/C54H41N4O.Ir/c1-36-28-50(42-12-6-4-7-13-42)57-34-44(36)25-22-40-30-39(31-41(32-40)23-26-45-35-58-51(29-37(45)2)43-14-8-5-9-15-43)21-20-38-24-27-48(56-33-38)46-16-10-17-47-53-49(55-3)18-11-19-52(53)59-54(46)47;/h4-12,14,17-19,24,27-35H,20-23,25-26H2,1-2H3;/q-3;+3/i20D2,21D2,22D2,23D2,25D2,26D2;. The molecule has 0 N–H and O–H groups in total. The molecule has 0 aliphatic rings. The van der Waals surface area contributed by atoms with Crippen molar-refractivity contribution >= 4 is 27.6 Å². The summed E-state index contributed by atoms with van der Waals surface area (Å²) in [7, 11) is 0. The van der Waals surface area contributed by atoms with Crippen LogP contribution in [0.5, 0.6) is 0 Å². The van der Waals surface area contributed by atoms with Crippen molar-refractivity contribution in [2.24, 2.45) is 0 Å². The summed E-state index contributed by atoms with van der Waals surface area (Å²) in [6.45, 7) is 10.8. The maximum Gasteiger partial charge on any atom is 3.00 e. The van der Waals surface area contributed by atoms with Gasteiger partial charge < -0.3 is 19.4 Å². The molecule has 0 fully saturated rings. The molecule has 4 heterocycles. The predicted molar refractivity (Wildman–Crippen MR) is 237 cm³/mol. The molecule has 0 aliphatic heterocycles. The van der Waals surface area contributed by atoms with Gasteiger partial charge in [-0.1, -0.05) is 76.7 Å². The van der Waals surface area contributed by atoms with Gasteiger partial charge in [0.05, 0.1) is 12.2 Å². The molecule has 0 saturated heterocycles. The van der Waals surface area contributed by atoms with Crippen molar-refractivity contribution < 1.29 is 41.0 Å². The fraction of sp³-hybridized carbons (Fsp3) is 0.148. The largest absolute Gasteiger partial charge is 3.00 e. The van der Waals surface area contributed by atoms with Gasteiger partial charge in [0, 0.05) is 40.4 Å². The van der Waals surface area contributed by atoms with Crippen LogP contribution in [0.4, 0.5) is 5.69 Å². The zero-order valence-corrected chi connectivity index (χ0v) is 34.7. The molecule has 0 amide bonds. The second-order valence-electron chi connectivity index (χ2n) is 13.8. The van der Waals surface area contributed by atoms with Gasteiger partial charge in [-0.3, -0.25) is 0 Å². The summed E-state index contributed by atoms with van der Waals surface area (Å²) >= 11 is 0.